The first-order chi connectivity index (χ1) is 9.02. The van der Waals surface area contributed by atoms with Crippen molar-refractivity contribution in [1.29, 1.82) is 0 Å². The molecular weight excluding hydrogens is 301 g/mol. The molecule has 0 heterocycles. The summed E-state index contributed by atoms with van der Waals surface area (Å²) in [5, 5.41) is 5.73. The molecular formula is C13H19Cl2N3O2. The molecule has 0 aromatic heterocycles. The van der Waals surface area contributed by atoms with Crippen LogP contribution in [-0.4, -0.2) is 24.4 Å². The summed E-state index contributed by atoms with van der Waals surface area (Å²) in [4.78, 5) is 23.1. The minimum Gasteiger partial charge on any atom is -0.346 e. The Kier molecular flexibility index (Phi) is 8.96. The Labute approximate surface area is 129 Å². The number of amides is 2. The maximum absolute atomic E-state index is 11.6. The zero-order chi connectivity index (χ0) is 14.3. The number of carbonyl (C=O) groups excluding carboxylic acids is 2. The second-order valence-electron chi connectivity index (χ2n) is 4.17. The van der Waals surface area contributed by atoms with Crippen LogP contribution in [0.2, 0.25) is 5.02 Å². The van der Waals surface area contributed by atoms with Crippen molar-refractivity contribution in [3.05, 3.63) is 29.3 Å². The lowest BCUT2D eigenvalue weighted by Crippen LogP contribution is -2.43. The molecule has 0 fully saturated rings. The van der Waals surface area contributed by atoms with E-state index in [0.717, 1.165) is 6.42 Å². The molecule has 1 atom stereocenters. The molecule has 0 saturated carbocycles. The van der Waals surface area contributed by atoms with Crippen molar-refractivity contribution in [3.63, 3.8) is 0 Å². The smallest absolute Gasteiger partial charge is 0.243 e. The summed E-state index contributed by atoms with van der Waals surface area (Å²) >= 11 is 5.73. The summed E-state index contributed by atoms with van der Waals surface area (Å²) < 4.78 is 0. The van der Waals surface area contributed by atoms with Crippen molar-refractivity contribution in [1.82, 2.24) is 5.32 Å². The second kappa shape index (κ2) is 9.58. The average Bonchev–Trinajstić information content (AvgIpc) is 2.39. The highest BCUT2D eigenvalue weighted by atomic mass is 35.5. The lowest BCUT2D eigenvalue weighted by atomic mass is 10.2. The number of anilines is 1. The van der Waals surface area contributed by atoms with E-state index in [1.54, 1.807) is 24.3 Å². The Bertz CT molecular complexity index is 438. The van der Waals surface area contributed by atoms with Gasteiger partial charge in [0.05, 0.1) is 12.6 Å². The van der Waals surface area contributed by atoms with Crippen LogP contribution in [0, 0.1) is 0 Å². The van der Waals surface area contributed by atoms with Crippen LogP contribution in [0.25, 0.3) is 0 Å². The Morgan fingerprint density at radius 2 is 1.90 bits per heavy atom. The standard InChI is InChI=1S/C13H18ClN3O2.ClH/c1-2-3-11(15)13(19)16-8-12(18)17-10-6-4-9(14)5-7-10;/h4-7,11H,2-3,8,15H2,1H3,(H,16,19)(H,17,18);1H. The SMILES string of the molecule is CCCC(N)C(=O)NCC(=O)Nc1ccc(Cl)cc1.Cl. The van der Waals surface area contributed by atoms with Gasteiger partial charge in [0, 0.05) is 10.7 Å². The minimum atomic E-state index is -0.562. The highest BCUT2D eigenvalue weighted by molar-refractivity contribution is 6.30. The van der Waals surface area contributed by atoms with Crippen LogP contribution >= 0.6 is 24.0 Å². The van der Waals surface area contributed by atoms with Gasteiger partial charge in [-0.25, -0.2) is 0 Å². The van der Waals surface area contributed by atoms with Crippen LogP contribution in [-0.2, 0) is 9.59 Å². The highest BCUT2D eigenvalue weighted by Gasteiger charge is 2.13. The van der Waals surface area contributed by atoms with Gasteiger partial charge in [0.1, 0.15) is 0 Å². The van der Waals surface area contributed by atoms with E-state index in [1.165, 1.54) is 0 Å². The van der Waals surface area contributed by atoms with Gasteiger partial charge in [-0.3, -0.25) is 9.59 Å². The van der Waals surface area contributed by atoms with E-state index in [-0.39, 0.29) is 30.8 Å². The highest BCUT2D eigenvalue weighted by Crippen LogP contribution is 2.12. The van der Waals surface area contributed by atoms with Crippen LogP contribution in [0.4, 0.5) is 5.69 Å². The molecule has 0 bridgehead atoms. The summed E-state index contributed by atoms with van der Waals surface area (Å²) in [6.45, 7) is 1.85. The Morgan fingerprint density at radius 3 is 2.45 bits per heavy atom. The number of nitrogens with two attached hydrogens (primary N) is 1. The summed E-state index contributed by atoms with van der Waals surface area (Å²) in [6, 6.07) is 6.16. The second-order valence-corrected chi connectivity index (χ2v) is 4.60. The van der Waals surface area contributed by atoms with Crippen molar-refractivity contribution in [2.75, 3.05) is 11.9 Å². The van der Waals surface area contributed by atoms with Gasteiger partial charge in [0.2, 0.25) is 11.8 Å². The third-order valence-corrected chi connectivity index (χ3v) is 2.74. The first kappa shape index (κ1) is 18.7. The average molecular weight is 320 g/mol. The summed E-state index contributed by atoms with van der Waals surface area (Å²) in [5.41, 5.74) is 6.25. The number of hydrogen-bond donors (Lipinski definition) is 3. The van der Waals surface area contributed by atoms with Crippen LogP contribution in [0.5, 0.6) is 0 Å². The predicted octanol–water partition coefficient (Wildman–Crippen LogP) is 1.94. The van der Waals surface area contributed by atoms with E-state index in [4.69, 9.17) is 17.3 Å². The maximum Gasteiger partial charge on any atom is 0.243 e. The third kappa shape index (κ3) is 6.75. The molecule has 20 heavy (non-hydrogen) atoms. The van der Waals surface area contributed by atoms with Crippen molar-refractivity contribution < 1.29 is 9.59 Å². The van der Waals surface area contributed by atoms with Gasteiger partial charge in [-0.05, 0) is 30.7 Å². The van der Waals surface area contributed by atoms with E-state index < -0.39 is 6.04 Å². The summed E-state index contributed by atoms with van der Waals surface area (Å²) in [6.07, 6.45) is 1.43. The molecule has 1 rings (SSSR count). The van der Waals surface area contributed by atoms with E-state index in [0.29, 0.717) is 17.1 Å². The zero-order valence-corrected chi connectivity index (χ0v) is 12.8. The molecule has 1 aromatic rings. The molecule has 1 unspecified atom stereocenters. The van der Waals surface area contributed by atoms with E-state index in [9.17, 15) is 9.59 Å². The number of carbonyl (C=O) groups is 2. The quantitative estimate of drug-likeness (QED) is 0.749. The maximum atomic E-state index is 11.6. The van der Waals surface area contributed by atoms with Gasteiger partial charge < -0.3 is 16.4 Å². The van der Waals surface area contributed by atoms with Gasteiger partial charge in [-0.2, -0.15) is 0 Å². The molecule has 0 aliphatic rings. The number of halogens is 2. The first-order valence-electron chi connectivity index (χ1n) is 6.11. The predicted molar refractivity (Wildman–Crippen MR) is 83.2 cm³/mol. The van der Waals surface area contributed by atoms with Crippen LogP contribution in [0.1, 0.15) is 19.8 Å². The van der Waals surface area contributed by atoms with Gasteiger partial charge in [0.25, 0.3) is 0 Å². The fourth-order valence-corrected chi connectivity index (χ4v) is 1.60. The molecule has 7 heteroatoms. The molecule has 0 aliphatic carbocycles. The summed E-state index contributed by atoms with van der Waals surface area (Å²) in [5.74, 6) is -0.618. The number of nitrogens with one attached hydrogen (secondary N) is 2. The van der Waals surface area contributed by atoms with Gasteiger partial charge >= 0.3 is 0 Å². The third-order valence-electron chi connectivity index (χ3n) is 2.49. The van der Waals surface area contributed by atoms with Gasteiger partial charge in [-0.15, -0.1) is 12.4 Å². The first-order valence-corrected chi connectivity index (χ1v) is 6.49. The number of benzene rings is 1. The topological polar surface area (TPSA) is 84.2 Å². The van der Waals surface area contributed by atoms with E-state index in [2.05, 4.69) is 10.6 Å². The van der Waals surface area contributed by atoms with Crippen LogP contribution in [0.15, 0.2) is 24.3 Å². The van der Waals surface area contributed by atoms with E-state index in [1.807, 2.05) is 6.92 Å². The Hall–Kier alpha value is -1.30. The van der Waals surface area contributed by atoms with Gasteiger partial charge in [0.15, 0.2) is 0 Å². The molecule has 0 aliphatic heterocycles. The van der Waals surface area contributed by atoms with Crippen molar-refractivity contribution >= 4 is 41.5 Å². The van der Waals surface area contributed by atoms with Crippen LogP contribution < -0.4 is 16.4 Å². The van der Waals surface area contributed by atoms with E-state index >= 15 is 0 Å². The molecule has 0 saturated heterocycles. The Balaban J connectivity index is 0.00000361. The Morgan fingerprint density at radius 1 is 1.30 bits per heavy atom. The lowest BCUT2D eigenvalue weighted by Gasteiger charge is -2.11. The molecule has 112 valence electrons. The normalized spacial score (nSPS) is 11.2. The van der Waals surface area contributed by atoms with Crippen LogP contribution in [0.3, 0.4) is 0 Å². The molecule has 2 amide bonds. The molecule has 1 aromatic carbocycles. The molecule has 0 spiro atoms. The number of hydrogen-bond acceptors (Lipinski definition) is 3. The molecule has 5 nitrogen and oxygen atoms in total. The molecule has 0 radical (unpaired) electrons. The van der Waals surface area contributed by atoms with Crippen molar-refractivity contribution in [2.45, 2.75) is 25.8 Å². The molecule has 4 N–H and O–H groups in total. The van der Waals surface area contributed by atoms with Crippen molar-refractivity contribution in [2.24, 2.45) is 5.73 Å². The fourth-order valence-electron chi connectivity index (χ4n) is 1.48. The zero-order valence-electron chi connectivity index (χ0n) is 11.2. The summed E-state index contributed by atoms with van der Waals surface area (Å²) in [7, 11) is 0. The monoisotopic (exact) mass is 319 g/mol. The van der Waals surface area contributed by atoms with Gasteiger partial charge in [-0.1, -0.05) is 24.9 Å². The van der Waals surface area contributed by atoms with Crippen molar-refractivity contribution in [3.8, 4) is 0 Å². The fraction of sp³-hybridized carbons (Fsp3) is 0.385. The largest absolute Gasteiger partial charge is 0.346 e. The minimum absolute atomic E-state index is 0. The lowest BCUT2D eigenvalue weighted by molar-refractivity contribution is -0.125. The number of rotatable bonds is 6.